The van der Waals surface area contributed by atoms with Gasteiger partial charge in [0.2, 0.25) is 3.79 Å². The average molecular weight is 343 g/mol. The number of hydrogen-bond donors (Lipinski definition) is 0. The van der Waals surface area contributed by atoms with E-state index in [0.29, 0.717) is 5.92 Å². The van der Waals surface area contributed by atoms with Crippen LogP contribution >= 0.6 is 34.8 Å². The first-order chi connectivity index (χ1) is 9.97. The van der Waals surface area contributed by atoms with Gasteiger partial charge in [0.1, 0.15) is 12.5 Å². The van der Waals surface area contributed by atoms with Crippen LogP contribution in [0, 0.1) is 5.92 Å². The normalized spacial score (nSPS) is 11.4. The molecule has 0 aliphatic carbocycles. The van der Waals surface area contributed by atoms with Crippen molar-refractivity contribution in [3.05, 3.63) is 77.7 Å². The number of carbonyl (C=O) groups is 1. The molecule has 0 aromatic heterocycles. The molecule has 109 valence electrons. The molecule has 1 radical (unpaired) electrons. The average Bonchev–Trinajstić information content (AvgIpc) is 2.47. The first-order valence-electron chi connectivity index (χ1n) is 6.19. The van der Waals surface area contributed by atoms with Crippen LogP contribution in [0.1, 0.15) is 11.1 Å². The zero-order valence-electron chi connectivity index (χ0n) is 10.9. The van der Waals surface area contributed by atoms with Crippen LogP contribution in [0.4, 0.5) is 0 Å². The highest BCUT2D eigenvalue weighted by atomic mass is 35.6. The fraction of sp³-hybridized carbons (Fsp3) is 0.125. The lowest BCUT2D eigenvalue weighted by molar-refractivity contribution is -0.140. The van der Waals surface area contributed by atoms with Crippen molar-refractivity contribution in [2.45, 2.75) is 3.79 Å². The number of alkyl halides is 3. The molecule has 0 atom stereocenters. The van der Waals surface area contributed by atoms with Gasteiger partial charge < -0.3 is 4.74 Å². The van der Waals surface area contributed by atoms with Gasteiger partial charge in [-0.25, -0.2) is 0 Å². The lowest BCUT2D eigenvalue weighted by Crippen LogP contribution is -2.23. The molecule has 2 nitrogen and oxygen atoms in total. The highest BCUT2D eigenvalue weighted by Gasteiger charge is 2.29. The summed E-state index contributed by atoms with van der Waals surface area (Å²) in [5.41, 5.74) is 1.50. The molecule has 0 unspecified atom stereocenters. The Labute approximate surface area is 138 Å². The van der Waals surface area contributed by atoms with Gasteiger partial charge in [0.25, 0.3) is 0 Å². The Balaban J connectivity index is 2.27. The van der Waals surface area contributed by atoms with Crippen LogP contribution in [-0.4, -0.2) is 16.4 Å². The van der Waals surface area contributed by atoms with E-state index in [1.165, 1.54) is 0 Å². The van der Waals surface area contributed by atoms with Gasteiger partial charge in [0, 0.05) is 0 Å². The molecule has 2 aromatic carbocycles. The third kappa shape index (κ3) is 4.92. The van der Waals surface area contributed by atoms with E-state index in [0.717, 1.165) is 11.1 Å². The van der Waals surface area contributed by atoms with Crippen molar-refractivity contribution in [1.82, 2.24) is 0 Å². The molecule has 2 rings (SSSR count). The topological polar surface area (TPSA) is 26.3 Å². The number of esters is 1. The summed E-state index contributed by atoms with van der Waals surface area (Å²) in [6, 6.07) is 18.5. The van der Waals surface area contributed by atoms with Crippen molar-refractivity contribution in [1.29, 1.82) is 0 Å². The molecule has 0 aliphatic rings. The molecule has 0 saturated carbocycles. The maximum atomic E-state index is 12.4. The molecule has 0 amide bonds. The van der Waals surface area contributed by atoms with Crippen molar-refractivity contribution in [3.63, 3.8) is 0 Å². The SMILES string of the molecule is O=C(OCC(Cl)(Cl)Cl)[C](c1ccccc1)c1ccccc1. The van der Waals surface area contributed by atoms with Crippen LogP contribution < -0.4 is 0 Å². The zero-order chi connectivity index (χ0) is 15.3. The summed E-state index contributed by atoms with van der Waals surface area (Å²) >= 11 is 16.9. The molecule has 0 spiro atoms. The van der Waals surface area contributed by atoms with Crippen molar-refractivity contribution in [2.75, 3.05) is 6.61 Å². The van der Waals surface area contributed by atoms with E-state index in [1.54, 1.807) is 0 Å². The van der Waals surface area contributed by atoms with Crippen molar-refractivity contribution >= 4 is 40.8 Å². The van der Waals surface area contributed by atoms with Gasteiger partial charge in [-0.05, 0) is 11.1 Å². The highest BCUT2D eigenvalue weighted by molar-refractivity contribution is 6.67. The number of ether oxygens (including phenoxy) is 1. The molecule has 0 heterocycles. The molecule has 0 aliphatic heterocycles. The van der Waals surface area contributed by atoms with E-state index in [9.17, 15) is 4.79 Å². The molecular weight excluding hydrogens is 331 g/mol. The Bertz CT molecular complexity index is 540. The second-order valence-corrected chi connectivity index (χ2v) is 6.81. The van der Waals surface area contributed by atoms with Gasteiger partial charge in [-0.15, -0.1) is 0 Å². The van der Waals surface area contributed by atoms with Crippen LogP contribution in [0.2, 0.25) is 0 Å². The molecule has 5 heteroatoms. The van der Waals surface area contributed by atoms with Gasteiger partial charge in [0.05, 0.1) is 0 Å². The fourth-order valence-corrected chi connectivity index (χ4v) is 2.00. The zero-order valence-corrected chi connectivity index (χ0v) is 13.2. The van der Waals surface area contributed by atoms with Crippen molar-refractivity contribution < 1.29 is 9.53 Å². The number of benzene rings is 2. The van der Waals surface area contributed by atoms with Crippen LogP contribution in [-0.2, 0) is 9.53 Å². The summed E-state index contributed by atoms with van der Waals surface area (Å²) in [6.45, 7) is -0.306. The van der Waals surface area contributed by atoms with Gasteiger partial charge in [0.15, 0.2) is 0 Å². The van der Waals surface area contributed by atoms with Gasteiger partial charge in [-0.2, -0.15) is 0 Å². The lowest BCUT2D eigenvalue weighted by Gasteiger charge is -2.18. The first-order valence-corrected chi connectivity index (χ1v) is 7.32. The smallest absolute Gasteiger partial charge is 0.323 e. The second kappa shape index (κ2) is 7.17. The molecular formula is C16H12Cl3O2. The lowest BCUT2D eigenvalue weighted by atomic mass is 9.91. The van der Waals surface area contributed by atoms with Crippen LogP contribution in [0.3, 0.4) is 0 Å². The maximum Gasteiger partial charge on any atom is 0.323 e. The molecule has 0 fully saturated rings. The Morgan fingerprint density at radius 3 is 1.67 bits per heavy atom. The number of rotatable bonds is 4. The largest absolute Gasteiger partial charge is 0.460 e. The maximum absolute atomic E-state index is 12.4. The monoisotopic (exact) mass is 341 g/mol. The van der Waals surface area contributed by atoms with E-state index in [4.69, 9.17) is 39.5 Å². The van der Waals surface area contributed by atoms with E-state index in [1.807, 2.05) is 60.7 Å². The Hall–Kier alpha value is -1.22. The van der Waals surface area contributed by atoms with Crippen LogP contribution in [0.5, 0.6) is 0 Å². The Kier molecular flexibility index (Phi) is 5.51. The first kappa shape index (κ1) is 16.2. The fourth-order valence-electron chi connectivity index (χ4n) is 1.83. The number of halogens is 3. The second-order valence-electron chi connectivity index (χ2n) is 4.30. The molecule has 0 saturated heterocycles. The summed E-state index contributed by atoms with van der Waals surface area (Å²) in [6.07, 6.45) is 0. The third-order valence-corrected chi connectivity index (χ3v) is 3.02. The summed E-state index contributed by atoms with van der Waals surface area (Å²) < 4.78 is 3.47. The Morgan fingerprint density at radius 2 is 1.29 bits per heavy atom. The predicted octanol–water partition coefficient (Wildman–Crippen LogP) is 4.57. The van der Waals surface area contributed by atoms with Gasteiger partial charge >= 0.3 is 5.97 Å². The van der Waals surface area contributed by atoms with Gasteiger partial charge in [-0.1, -0.05) is 95.5 Å². The summed E-state index contributed by atoms with van der Waals surface area (Å²) in [7, 11) is 0. The molecule has 0 N–H and O–H groups in total. The minimum atomic E-state index is -1.63. The van der Waals surface area contributed by atoms with Crippen molar-refractivity contribution in [2.24, 2.45) is 0 Å². The summed E-state index contributed by atoms with van der Waals surface area (Å²) in [4.78, 5) is 12.4. The van der Waals surface area contributed by atoms with Crippen molar-refractivity contribution in [3.8, 4) is 0 Å². The van der Waals surface area contributed by atoms with E-state index in [-0.39, 0.29) is 6.61 Å². The summed E-state index contributed by atoms with van der Waals surface area (Å²) in [5, 5.41) is 0. The standard InChI is InChI=1S/C16H12Cl3O2/c17-16(18,19)11-21-15(20)14(12-7-3-1-4-8-12)13-9-5-2-6-10-13/h1-10H,11H2. The minimum absolute atomic E-state index is 0.306. The number of hydrogen-bond acceptors (Lipinski definition) is 2. The van der Waals surface area contributed by atoms with Gasteiger partial charge in [-0.3, -0.25) is 4.79 Å². The minimum Gasteiger partial charge on any atom is -0.460 e. The molecule has 2 aromatic rings. The third-order valence-electron chi connectivity index (χ3n) is 2.70. The quantitative estimate of drug-likeness (QED) is 0.601. The van der Waals surface area contributed by atoms with E-state index >= 15 is 0 Å². The summed E-state index contributed by atoms with van der Waals surface area (Å²) in [5.74, 6) is -0.0934. The van der Waals surface area contributed by atoms with Crippen LogP contribution in [0.25, 0.3) is 0 Å². The highest BCUT2D eigenvalue weighted by Crippen LogP contribution is 2.29. The van der Waals surface area contributed by atoms with E-state index < -0.39 is 9.76 Å². The molecule has 21 heavy (non-hydrogen) atoms. The molecule has 0 bridgehead atoms. The predicted molar refractivity (Wildman–Crippen MR) is 85.6 cm³/mol. The van der Waals surface area contributed by atoms with E-state index in [2.05, 4.69) is 0 Å². The van der Waals surface area contributed by atoms with Crippen LogP contribution in [0.15, 0.2) is 60.7 Å². The Morgan fingerprint density at radius 1 is 0.857 bits per heavy atom. The number of carbonyl (C=O) groups excluding carboxylic acids is 1.